The second kappa shape index (κ2) is 8.99. The lowest BCUT2D eigenvalue weighted by atomic mass is 10.1. The van der Waals surface area contributed by atoms with E-state index >= 15 is 0 Å². The summed E-state index contributed by atoms with van der Waals surface area (Å²) in [5.74, 6) is -1.67. The van der Waals surface area contributed by atoms with E-state index in [0.29, 0.717) is 12.0 Å². The van der Waals surface area contributed by atoms with E-state index in [4.69, 9.17) is 9.84 Å². The van der Waals surface area contributed by atoms with E-state index in [9.17, 15) is 22.8 Å². The van der Waals surface area contributed by atoms with Crippen molar-refractivity contribution in [2.24, 2.45) is 0 Å². The van der Waals surface area contributed by atoms with Gasteiger partial charge in [-0.15, -0.1) is 13.2 Å². The molecule has 1 amide bonds. The minimum Gasteiger partial charge on any atom is -0.480 e. The first-order valence-electron chi connectivity index (χ1n) is 6.67. The van der Waals surface area contributed by atoms with Crippen molar-refractivity contribution in [3.05, 3.63) is 29.8 Å². The summed E-state index contributed by atoms with van der Waals surface area (Å²) in [4.78, 5) is 21.7. The second-order valence-corrected chi connectivity index (χ2v) is 4.49. The highest BCUT2D eigenvalue weighted by Crippen LogP contribution is 2.22. The number of nitrogens with one attached hydrogen (secondary N) is 1. The van der Waals surface area contributed by atoms with Crippen molar-refractivity contribution in [1.29, 1.82) is 0 Å². The number of benzene rings is 1. The fourth-order valence-corrected chi connectivity index (χ4v) is 1.63. The molecule has 6 nitrogen and oxygen atoms in total. The van der Waals surface area contributed by atoms with Crippen LogP contribution in [0.2, 0.25) is 0 Å². The summed E-state index contributed by atoms with van der Waals surface area (Å²) in [7, 11) is 0. The van der Waals surface area contributed by atoms with Crippen molar-refractivity contribution >= 4 is 11.9 Å². The van der Waals surface area contributed by atoms with Crippen molar-refractivity contribution < 1.29 is 37.3 Å². The molecule has 0 aliphatic heterocycles. The number of carboxylic acid groups (broad SMARTS) is 1. The van der Waals surface area contributed by atoms with Gasteiger partial charge in [-0.1, -0.05) is 12.1 Å². The summed E-state index contributed by atoms with van der Waals surface area (Å²) in [5, 5.41) is 10.9. The molecule has 0 saturated heterocycles. The van der Waals surface area contributed by atoms with Gasteiger partial charge in [-0.3, -0.25) is 4.79 Å². The first-order chi connectivity index (χ1) is 10.8. The Kier molecular flexibility index (Phi) is 7.33. The molecule has 1 rings (SSSR count). The van der Waals surface area contributed by atoms with Gasteiger partial charge >= 0.3 is 12.3 Å². The molecule has 0 aliphatic carbocycles. The van der Waals surface area contributed by atoms with Gasteiger partial charge in [0.1, 0.15) is 12.4 Å². The Morgan fingerprint density at radius 2 is 1.83 bits per heavy atom. The second-order valence-electron chi connectivity index (χ2n) is 4.49. The number of rotatable bonds is 9. The van der Waals surface area contributed by atoms with Gasteiger partial charge in [-0.05, 0) is 24.1 Å². The molecule has 0 atom stereocenters. The number of halogens is 3. The van der Waals surface area contributed by atoms with Crippen molar-refractivity contribution in [3.63, 3.8) is 0 Å². The average molecular weight is 335 g/mol. The molecule has 1 aromatic carbocycles. The summed E-state index contributed by atoms with van der Waals surface area (Å²) in [6.45, 7) is -0.159. The third kappa shape index (κ3) is 9.35. The van der Waals surface area contributed by atoms with Crippen LogP contribution in [-0.4, -0.2) is 43.1 Å². The monoisotopic (exact) mass is 335 g/mol. The molecule has 2 N–H and O–H groups in total. The third-order valence-corrected chi connectivity index (χ3v) is 2.59. The number of amides is 1. The van der Waals surface area contributed by atoms with E-state index in [1.807, 2.05) is 0 Å². The van der Waals surface area contributed by atoms with Gasteiger partial charge in [-0.25, -0.2) is 4.79 Å². The number of hydrogen-bond donors (Lipinski definition) is 2. The summed E-state index contributed by atoms with van der Waals surface area (Å²) in [6, 6.07) is 5.26. The van der Waals surface area contributed by atoms with Crippen LogP contribution in [0.1, 0.15) is 12.0 Å². The van der Waals surface area contributed by atoms with Gasteiger partial charge in [-0.2, -0.15) is 0 Å². The maximum atomic E-state index is 12.0. The van der Waals surface area contributed by atoms with E-state index < -0.39 is 18.9 Å². The molecule has 0 radical (unpaired) electrons. The molecule has 9 heteroatoms. The standard InChI is InChI=1S/C14H16F3NO5/c15-14(16,17)23-11-4-1-10(2-5-11)3-6-12(19)18-7-8-22-9-13(20)21/h1-2,4-5H,3,6-9H2,(H,18,19)(H,20,21). The highest BCUT2D eigenvalue weighted by molar-refractivity contribution is 5.76. The minimum atomic E-state index is -4.73. The van der Waals surface area contributed by atoms with E-state index in [0.717, 1.165) is 0 Å². The van der Waals surface area contributed by atoms with Crippen LogP contribution in [0, 0.1) is 0 Å². The van der Waals surface area contributed by atoms with Crippen molar-refractivity contribution in [1.82, 2.24) is 5.32 Å². The van der Waals surface area contributed by atoms with Crippen LogP contribution in [0.5, 0.6) is 5.75 Å². The van der Waals surface area contributed by atoms with Crippen LogP contribution in [0.15, 0.2) is 24.3 Å². The number of hydrogen-bond acceptors (Lipinski definition) is 4. The predicted octanol–water partition coefficient (Wildman–Crippen LogP) is 1.74. The summed E-state index contributed by atoms with van der Waals surface area (Å²) < 4.78 is 44.5. The van der Waals surface area contributed by atoms with Gasteiger partial charge in [0.15, 0.2) is 0 Å². The Bertz CT molecular complexity index is 516. The maximum Gasteiger partial charge on any atom is 0.573 e. The zero-order valence-corrected chi connectivity index (χ0v) is 12.1. The van der Waals surface area contributed by atoms with Crippen LogP contribution in [0.25, 0.3) is 0 Å². The Morgan fingerprint density at radius 1 is 1.17 bits per heavy atom. The van der Waals surface area contributed by atoms with Crippen LogP contribution in [-0.2, 0) is 20.7 Å². The topological polar surface area (TPSA) is 84.9 Å². The molecular formula is C14H16F3NO5. The van der Waals surface area contributed by atoms with E-state index in [2.05, 4.69) is 10.1 Å². The number of aryl methyl sites for hydroxylation is 1. The molecule has 0 fully saturated rings. The number of ether oxygens (including phenoxy) is 2. The normalized spacial score (nSPS) is 11.1. The molecule has 0 aliphatic rings. The summed E-state index contributed by atoms with van der Waals surface area (Å²) in [5.41, 5.74) is 0.691. The van der Waals surface area contributed by atoms with Crippen LogP contribution >= 0.6 is 0 Å². The molecule has 0 bridgehead atoms. The van der Waals surface area contributed by atoms with Crippen molar-refractivity contribution in [2.45, 2.75) is 19.2 Å². The Balaban J connectivity index is 2.24. The quantitative estimate of drug-likeness (QED) is 0.672. The number of carboxylic acids is 1. The van der Waals surface area contributed by atoms with Gasteiger partial charge < -0.3 is 19.9 Å². The Labute approximate surface area is 130 Å². The number of alkyl halides is 3. The van der Waals surface area contributed by atoms with Crippen LogP contribution in [0.4, 0.5) is 13.2 Å². The molecule has 0 heterocycles. The van der Waals surface area contributed by atoms with Crippen LogP contribution < -0.4 is 10.1 Å². The largest absolute Gasteiger partial charge is 0.573 e. The smallest absolute Gasteiger partial charge is 0.480 e. The van der Waals surface area contributed by atoms with Crippen molar-refractivity contribution in [2.75, 3.05) is 19.8 Å². The lowest BCUT2D eigenvalue weighted by Gasteiger charge is -2.09. The number of aliphatic carboxylic acids is 1. The molecule has 0 spiro atoms. The molecule has 128 valence electrons. The minimum absolute atomic E-state index is 0.0848. The van der Waals surface area contributed by atoms with Crippen LogP contribution in [0.3, 0.4) is 0 Å². The maximum absolute atomic E-state index is 12.0. The Hall–Kier alpha value is -2.29. The molecule has 0 aromatic heterocycles. The highest BCUT2D eigenvalue weighted by Gasteiger charge is 2.30. The van der Waals surface area contributed by atoms with E-state index in [1.165, 1.54) is 24.3 Å². The lowest BCUT2D eigenvalue weighted by Crippen LogP contribution is -2.28. The molecule has 0 unspecified atom stereocenters. The van der Waals surface area contributed by atoms with Gasteiger partial charge in [0.2, 0.25) is 5.91 Å². The highest BCUT2D eigenvalue weighted by atomic mass is 19.4. The lowest BCUT2D eigenvalue weighted by molar-refractivity contribution is -0.274. The average Bonchev–Trinajstić information content (AvgIpc) is 2.44. The fraction of sp³-hybridized carbons (Fsp3) is 0.429. The summed E-state index contributed by atoms with van der Waals surface area (Å²) >= 11 is 0. The summed E-state index contributed by atoms with van der Waals surface area (Å²) in [6.07, 6.45) is -4.23. The first-order valence-corrected chi connectivity index (χ1v) is 6.67. The predicted molar refractivity (Wildman–Crippen MR) is 72.9 cm³/mol. The zero-order chi connectivity index (χ0) is 17.3. The fourth-order valence-electron chi connectivity index (χ4n) is 1.63. The third-order valence-electron chi connectivity index (χ3n) is 2.59. The number of carbonyl (C=O) groups is 2. The first kappa shape index (κ1) is 18.8. The number of carbonyl (C=O) groups excluding carboxylic acids is 1. The molecule has 23 heavy (non-hydrogen) atoms. The molecule has 1 aromatic rings. The molecule has 0 saturated carbocycles. The Morgan fingerprint density at radius 3 is 2.39 bits per heavy atom. The van der Waals surface area contributed by atoms with Gasteiger partial charge in [0, 0.05) is 13.0 Å². The zero-order valence-electron chi connectivity index (χ0n) is 12.1. The van der Waals surface area contributed by atoms with Gasteiger partial charge in [0.05, 0.1) is 6.61 Å². The van der Waals surface area contributed by atoms with Crippen molar-refractivity contribution in [3.8, 4) is 5.75 Å². The van der Waals surface area contributed by atoms with E-state index in [-0.39, 0.29) is 31.2 Å². The van der Waals surface area contributed by atoms with Gasteiger partial charge in [0.25, 0.3) is 0 Å². The SMILES string of the molecule is O=C(O)COCCNC(=O)CCc1ccc(OC(F)(F)F)cc1. The molecular weight excluding hydrogens is 319 g/mol. The van der Waals surface area contributed by atoms with E-state index in [1.54, 1.807) is 0 Å².